The molecule has 90 valence electrons. The number of nitrogens with zero attached hydrogens (tertiary/aromatic N) is 1. The van der Waals surface area contributed by atoms with E-state index in [0.717, 1.165) is 10.6 Å². The average molecular weight is 259 g/mol. The van der Waals surface area contributed by atoms with Crippen LogP contribution in [0.25, 0.3) is 0 Å². The van der Waals surface area contributed by atoms with Gasteiger partial charge in [-0.2, -0.15) is 0 Å². The Labute approximate surface area is 104 Å². The van der Waals surface area contributed by atoms with Gasteiger partial charge in [0, 0.05) is 6.04 Å². The Morgan fingerprint density at radius 3 is 2.88 bits per heavy atom. The second-order valence-electron chi connectivity index (χ2n) is 3.60. The van der Waals surface area contributed by atoms with Crippen LogP contribution in [0, 0.1) is 0 Å². The maximum atomic E-state index is 11.7. The van der Waals surface area contributed by atoms with E-state index in [1.54, 1.807) is 6.20 Å². The minimum absolute atomic E-state index is 0.0614. The normalized spacial score (nSPS) is 14.4. The van der Waals surface area contributed by atoms with Gasteiger partial charge in [0.2, 0.25) is 5.91 Å². The molecule has 0 spiro atoms. The number of nitrogens with two attached hydrogens (primary N) is 1. The van der Waals surface area contributed by atoms with Gasteiger partial charge in [-0.05, 0) is 20.3 Å². The summed E-state index contributed by atoms with van der Waals surface area (Å²) in [6.07, 6.45) is 2.65. The highest BCUT2D eigenvalue weighted by Crippen LogP contribution is 2.29. The Hall–Kier alpha value is -0.750. The molecule has 2 unspecified atom stereocenters. The van der Waals surface area contributed by atoms with Gasteiger partial charge >= 0.3 is 0 Å². The third kappa shape index (κ3) is 4.02. The molecule has 0 aliphatic heterocycles. The standard InChI is InChI=1S/C10H17N3OS2/c1-4-6(2)13-9(14)7(3)15-8-5-12-10(11)16-8/h5-7H,4H2,1-3H3,(H2,11,12)(H,13,14). The molecule has 1 rings (SSSR count). The van der Waals surface area contributed by atoms with Gasteiger partial charge < -0.3 is 11.1 Å². The highest BCUT2D eigenvalue weighted by molar-refractivity contribution is 8.02. The Kier molecular flexibility index (Phi) is 5.08. The SMILES string of the molecule is CCC(C)NC(=O)C(C)Sc1cnc(N)s1. The largest absolute Gasteiger partial charge is 0.375 e. The van der Waals surface area contributed by atoms with Crippen LogP contribution in [-0.4, -0.2) is 22.2 Å². The number of nitrogens with one attached hydrogen (secondary N) is 1. The molecule has 0 saturated carbocycles. The lowest BCUT2D eigenvalue weighted by Gasteiger charge is -2.15. The molecule has 0 bridgehead atoms. The summed E-state index contributed by atoms with van der Waals surface area (Å²) in [7, 11) is 0. The minimum Gasteiger partial charge on any atom is -0.375 e. The Bertz CT molecular complexity index is 354. The molecule has 3 N–H and O–H groups in total. The van der Waals surface area contributed by atoms with E-state index in [0.29, 0.717) is 5.13 Å². The van der Waals surface area contributed by atoms with Crippen LogP contribution in [0.2, 0.25) is 0 Å². The van der Waals surface area contributed by atoms with Crippen LogP contribution < -0.4 is 11.1 Å². The number of rotatable bonds is 5. The van der Waals surface area contributed by atoms with E-state index in [-0.39, 0.29) is 17.2 Å². The quantitative estimate of drug-likeness (QED) is 0.795. The van der Waals surface area contributed by atoms with Crippen molar-refractivity contribution >= 4 is 34.1 Å². The highest BCUT2D eigenvalue weighted by atomic mass is 32.2. The number of nitrogen functional groups attached to an aromatic ring is 1. The molecule has 0 aromatic carbocycles. The van der Waals surface area contributed by atoms with Crippen LogP contribution in [0.5, 0.6) is 0 Å². The smallest absolute Gasteiger partial charge is 0.233 e. The second kappa shape index (κ2) is 6.10. The molecule has 1 aromatic rings. The zero-order valence-electron chi connectivity index (χ0n) is 9.69. The summed E-state index contributed by atoms with van der Waals surface area (Å²) in [5.41, 5.74) is 5.53. The Balaban J connectivity index is 2.45. The van der Waals surface area contributed by atoms with Crippen molar-refractivity contribution in [3.8, 4) is 0 Å². The molecule has 4 nitrogen and oxygen atoms in total. The summed E-state index contributed by atoms with van der Waals surface area (Å²) in [5, 5.41) is 3.37. The van der Waals surface area contributed by atoms with E-state index in [9.17, 15) is 4.79 Å². The van der Waals surface area contributed by atoms with Crippen molar-refractivity contribution in [1.82, 2.24) is 10.3 Å². The number of aromatic nitrogens is 1. The lowest BCUT2D eigenvalue weighted by atomic mass is 10.2. The maximum absolute atomic E-state index is 11.7. The van der Waals surface area contributed by atoms with Crippen molar-refractivity contribution in [1.29, 1.82) is 0 Å². The second-order valence-corrected chi connectivity index (χ2v) is 6.30. The first kappa shape index (κ1) is 13.3. The topological polar surface area (TPSA) is 68.0 Å². The molecule has 6 heteroatoms. The molecular weight excluding hydrogens is 242 g/mol. The molecule has 1 amide bonds. The van der Waals surface area contributed by atoms with E-state index in [2.05, 4.69) is 10.3 Å². The van der Waals surface area contributed by atoms with Crippen molar-refractivity contribution < 1.29 is 4.79 Å². The zero-order chi connectivity index (χ0) is 12.1. The van der Waals surface area contributed by atoms with Gasteiger partial charge in [-0.1, -0.05) is 18.3 Å². The summed E-state index contributed by atoms with van der Waals surface area (Å²) in [4.78, 5) is 15.7. The fraction of sp³-hybridized carbons (Fsp3) is 0.600. The lowest BCUT2D eigenvalue weighted by Crippen LogP contribution is -2.37. The summed E-state index contributed by atoms with van der Waals surface area (Å²) in [6, 6.07) is 0.224. The lowest BCUT2D eigenvalue weighted by molar-refractivity contribution is -0.120. The first-order chi connectivity index (χ1) is 7.52. The number of hydrogen-bond donors (Lipinski definition) is 2. The Morgan fingerprint density at radius 1 is 1.69 bits per heavy atom. The number of thioether (sulfide) groups is 1. The molecule has 1 aromatic heterocycles. The predicted molar refractivity (Wildman–Crippen MR) is 69.7 cm³/mol. The first-order valence-electron chi connectivity index (χ1n) is 5.21. The number of hydrogen-bond acceptors (Lipinski definition) is 5. The van der Waals surface area contributed by atoms with Gasteiger partial charge in [0.05, 0.1) is 15.7 Å². The average Bonchev–Trinajstić information content (AvgIpc) is 2.63. The molecule has 1 heterocycles. The van der Waals surface area contributed by atoms with Crippen LogP contribution in [0.15, 0.2) is 10.4 Å². The number of carbonyl (C=O) groups is 1. The molecule has 2 atom stereocenters. The summed E-state index contributed by atoms with van der Waals surface area (Å²) in [5.74, 6) is 0.0614. The monoisotopic (exact) mass is 259 g/mol. The molecule has 0 radical (unpaired) electrons. The van der Waals surface area contributed by atoms with E-state index in [1.807, 2.05) is 20.8 Å². The van der Waals surface area contributed by atoms with Gasteiger partial charge in [-0.3, -0.25) is 4.79 Å². The number of anilines is 1. The molecule has 0 fully saturated rings. The van der Waals surface area contributed by atoms with Crippen LogP contribution in [0.4, 0.5) is 5.13 Å². The van der Waals surface area contributed by atoms with E-state index in [1.165, 1.54) is 23.1 Å². The summed E-state index contributed by atoms with van der Waals surface area (Å²) in [6.45, 7) is 5.94. The van der Waals surface area contributed by atoms with Crippen LogP contribution in [-0.2, 0) is 4.79 Å². The first-order valence-corrected chi connectivity index (χ1v) is 6.90. The van der Waals surface area contributed by atoms with Gasteiger partial charge in [0.25, 0.3) is 0 Å². The molecule has 0 saturated heterocycles. The molecular formula is C10H17N3OS2. The van der Waals surface area contributed by atoms with Crippen molar-refractivity contribution in [3.05, 3.63) is 6.20 Å². The van der Waals surface area contributed by atoms with Gasteiger partial charge in [-0.25, -0.2) is 4.98 Å². The van der Waals surface area contributed by atoms with E-state index in [4.69, 9.17) is 5.73 Å². The third-order valence-corrected chi connectivity index (χ3v) is 4.23. The predicted octanol–water partition coefficient (Wildman–Crippen LogP) is 2.12. The van der Waals surface area contributed by atoms with E-state index < -0.39 is 0 Å². The van der Waals surface area contributed by atoms with Gasteiger partial charge in [-0.15, -0.1) is 11.8 Å². The van der Waals surface area contributed by atoms with Crippen LogP contribution >= 0.6 is 23.1 Å². The molecule has 0 aliphatic carbocycles. The summed E-state index contributed by atoms with van der Waals surface area (Å²) >= 11 is 2.90. The fourth-order valence-corrected chi connectivity index (χ4v) is 2.95. The minimum atomic E-state index is -0.117. The van der Waals surface area contributed by atoms with Crippen LogP contribution in [0.3, 0.4) is 0 Å². The number of amides is 1. The van der Waals surface area contributed by atoms with Crippen molar-refractivity contribution in [2.24, 2.45) is 0 Å². The van der Waals surface area contributed by atoms with Gasteiger partial charge in [0.1, 0.15) is 0 Å². The maximum Gasteiger partial charge on any atom is 0.233 e. The summed E-state index contributed by atoms with van der Waals surface area (Å²) < 4.78 is 0.976. The van der Waals surface area contributed by atoms with Gasteiger partial charge in [0.15, 0.2) is 5.13 Å². The third-order valence-electron chi connectivity index (χ3n) is 2.17. The zero-order valence-corrected chi connectivity index (χ0v) is 11.3. The highest BCUT2D eigenvalue weighted by Gasteiger charge is 2.16. The molecule has 0 aliphatic rings. The number of thiazole rings is 1. The van der Waals surface area contributed by atoms with E-state index >= 15 is 0 Å². The fourth-order valence-electron chi connectivity index (χ4n) is 1.02. The Morgan fingerprint density at radius 2 is 2.38 bits per heavy atom. The molecule has 16 heavy (non-hydrogen) atoms. The van der Waals surface area contributed by atoms with Crippen LogP contribution in [0.1, 0.15) is 27.2 Å². The number of carbonyl (C=O) groups excluding carboxylic acids is 1. The van der Waals surface area contributed by atoms with Crippen molar-refractivity contribution in [3.63, 3.8) is 0 Å². The van der Waals surface area contributed by atoms with Crippen molar-refractivity contribution in [2.75, 3.05) is 5.73 Å². The van der Waals surface area contributed by atoms with Crippen molar-refractivity contribution in [2.45, 2.75) is 42.7 Å².